The minimum absolute atomic E-state index is 0.0285. The Morgan fingerprint density at radius 1 is 0.927 bits per heavy atom. The Balaban J connectivity index is 1.90. The zero-order chi connectivity index (χ0) is 31.3. The average Bonchev–Trinajstić information content (AvgIpc) is 3.15. The summed E-state index contributed by atoms with van der Waals surface area (Å²) in [7, 11) is 1.08. The van der Waals surface area contributed by atoms with Crippen molar-refractivity contribution in [1.29, 1.82) is 5.41 Å². The maximum absolute atomic E-state index is 13.5. The topological polar surface area (TPSA) is 117 Å². The van der Waals surface area contributed by atoms with E-state index in [1.54, 1.807) is 18.2 Å². The lowest BCUT2D eigenvalue weighted by Crippen LogP contribution is -2.40. The van der Waals surface area contributed by atoms with E-state index in [-0.39, 0.29) is 36.0 Å². The number of phenolic OH excluding ortho intramolecular Hbond substituents is 1. The summed E-state index contributed by atoms with van der Waals surface area (Å²) < 4.78 is 47.1. The number of carbonyl (C=O) groups is 3. The smallest absolute Gasteiger partial charge is 0.491 e. The maximum atomic E-state index is 13.5. The molecule has 0 bridgehead atoms. The van der Waals surface area contributed by atoms with Crippen LogP contribution in [0.15, 0.2) is 30.3 Å². The molecule has 0 aromatic heterocycles. The maximum Gasteiger partial charge on any atom is 0.491 e. The van der Waals surface area contributed by atoms with E-state index in [0.29, 0.717) is 27.8 Å². The molecule has 1 unspecified atom stereocenters. The number of amidine groups is 1. The number of hydrogen-bond acceptors (Lipinski definition) is 7. The third-order valence-corrected chi connectivity index (χ3v) is 7.19. The fourth-order valence-corrected chi connectivity index (χ4v) is 4.58. The number of hydrogen-bond donors (Lipinski definition) is 2. The molecule has 41 heavy (non-hydrogen) atoms. The molecule has 0 amide bonds. The van der Waals surface area contributed by atoms with Gasteiger partial charge in [0.05, 0.1) is 6.54 Å². The van der Waals surface area contributed by atoms with Crippen LogP contribution in [-0.4, -0.2) is 53.4 Å². The number of ether oxygens (including phenoxy) is 2. The quantitative estimate of drug-likeness (QED) is 0.265. The van der Waals surface area contributed by atoms with E-state index in [1.165, 1.54) is 17.0 Å². The van der Waals surface area contributed by atoms with Gasteiger partial charge < -0.3 is 19.5 Å². The lowest BCUT2D eigenvalue weighted by molar-refractivity contribution is -0.208. The number of rotatable bonds is 6. The number of alkyl halides is 3. The normalized spacial score (nSPS) is 15.4. The number of aromatic hydroxyl groups is 1. The highest BCUT2D eigenvalue weighted by Crippen LogP contribution is 2.40. The zero-order valence-corrected chi connectivity index (χ0v) is 24.4. The molecule has 0 fully saturated rings. The number of halogens is 3. The lowest BCUT2D eigenvalue weighted by Gasteiger charge is -2.28. The number of nitrogens with one attached hydrogen (secondary N) is 1. The first-order valence-electron chi connectivity index (χ1n) is 12.9. The molecule has 2 N–H and O–H groups in total. The van der Waals surface area contributed by atoms with E-state index in [0.717, 1.165) is 14.0 Å². The van der Waals surface area contributed by atoms with Crippen molar-refractivity contribution in [2.45, 2.75) is 77.6 Å². The van der Waals surface area contributed by atoms with Crippen molar-refractivity contribution in [3.05, 3.63) is 63.7 Å². The Morgan fingerprint density at radius 2 is 1.46 bits per heavy atom. The second-order valence-corrected chi connectivity index (χ2v) is 12.3. The standard InChI is InChI=1S/C30H35F3N2O6/c1-27(2,3)20-11-17(12-21(23(20)37)28(4,5)6)22(36)15-35-14-16-9-10-18(13-19(16)24(35)34)29(7,40-8)25(38)41-26(39)30(31,32)33/h9-13,34,37H,14-15H2,1-8H3. The van der Waals surface area contributed by atoms with Gasteiger partial charge in [-0.15, -0.1) is 0 Å². The van der Waals surface area contributed by atoms with Crippen LogP contribution in [-0.2, 0) is 42.0 Å². The van der Waals surface area contributed by atoms with Gasteiger partial charge in [-0.1, -0.05) is 53.7 Å². The molecule has 1 aliphatic rings. The van der Waals surface area contributed by atoms with E-state index in [4.69, 9.17) is 10.1 Å². The summed E-state index contributed by atoms with van der Waals surface area (Å²) in [5, 5.41) is 19.7. The molecule has 1 atom stereocenters. The molecule has 0 saturated carbocycles. The van der Waals surface area contributed by atoms with Crippen LogP contribution in [0.25, 0.3) is 0 Å². The van der Waals surface area contributed by atoms with Gasteiger partial charge in [0.1, 0.15) is 11.6 Å². The first kappa shape index (κ1) is 31.8. The minimum Gasteiger partial charge on any atom is -0.507 e. The first-order chi connectivity index (χ1) is 18.6. The highest BCUT2D eigenvalue weighted by Gasteiger charge is 2.47. The lowest BCUT2D eigenvalue weighted by atomic mass is 9.78. The molecule has 0 saturated heterocycles. The van der Waals surface area contributed by atoms with Gasteiger partial charge in [0.15, 0.2) is 11.4 Å². The van der Waals surface area contributed by atoms with Crippen molar-refractivity contribution in [2.75, 3.05) is 13.7 Å². The van der Waals surface area contributed by atoms with E-state index in [9.17, 15) is 32.7 Å². The molecular weight excluding hydrogens is 541 g/mol. The van der Waals surface area contributed by atoms with Crippen molar-refractivity contribution >= 4 is 23.6 Å². The fourth-order valence-electron chi connectivity index (χ4n) is 4.58. The SMILES string of the molecule is COC(C)(C(=O)OC(=O)C(F)(F)F)c1ccc2c(c1)C(=N)N(CC(=O)c1cc(C(C)(C)C)c(O)c(C(C)(C)C)c1)C2. The van der Waals surface area contributed by atoms with Crippen LogP contribution in [0.3, 0.4) is 0 Å². The Morgan fingerprint density at radius 3 is 1.93 bits per heavy atom. The molecule has 2 aromatic rings. The summed E-state index contributed by atoms with van der Waals surface area (Å²) in [6, 6.07) is 7.77. The highest BCUT2D eigenvalue weighted by molar-refractivity contribution is 6.05. The van der Waals surface area contributed by atoms with Gasteiger partial charge in [0, 0.05) is 35.9 Å². The molecule has 1 heterocycles. The fraction of sp³-hybridized carbons (Fsp3) is 0.467. The molecule has 1 aliphatic heterocycles. The van der Waals surface area contributed by atoms with Gasteiger partial charge in [-0.05, 0) is 47.1 Å². The number of carbonyl (C=O) groups excluding carboxylic acids is 3. The summed E-state index contributed by atoms with van der Waals surface area (Å²) >= 11 is 0. The van der Waals surface area contributed by atoms with Crippen molar-refractivity contribution in [1.82, 2.24) is 4.90 Å². The second-order valence-electron chi connectivity index (χ2n) is 12.3. The molecule has 0 aliphatic carbocycles. The van der Waals surface area contributed by atoms with E-state index < -0.39 is 34.5 Å². The van der Waals surface area contributed by atoms with Gasteiger partial charge in [-0.3, -0.25) is 10.2 Å². The van der Waals surface area contributed by atoms with E-state index in [1.807, 2.05) is 41.5 Å². The Hall–Kier alpha value is -3.73. The predicted octanol–water partition coefficient (Wildman–Crippen LogP) is 5.50. The molecular formula is C30H35F3N2O6. The second kappa shape index (κ2) is 10.6. The largest absolute Gasteiger partial charge is 0.507 e. The first-order valence-corrected chi connectivity index (χ1v) is 12.9. The Bertz CT molecular complexity index is 1380. The van der Waals surface area contributed by atoms with Crippen LogP contribution in [0.2, 0.25) is 0 Å². The number of esters is 2. The highest BCUT2D eigenvalue weighted by atomic mass is 19.4. The minimum atomic E-state index is -5.36. The number of Topliss-reactive ketones (excluding diaryl/α,β-unsaturated/α-hetero) is 1. The van der Waals surface area contributed by atoms with Crippen LogP contribution in [0.4, 0.5) is 13.2 Å². The Kier molecular flexibility index (Phi) is 8.21. The van der Waals surface area contributed by atoms with Crippen LogP contribution < -0.4 is 0 Å². The third-order valence-electron chi connectivity index (χ3n) is 7.19. The van der Waals surface area contributed by atoms with Gasteiger partial charge in [0.2, 0.25) is 0 Å². The molecule has 0 radical (unpaired) electrons. The molecule has 0 spiro atoms. The Labute approximate surface area is 236 Å². The van der Waals surface area contributed by atoms with Gasteiger partial charge in [0.25, 0.3) is 0 Å². The van der Waals surface area contributed by atoms with E-state index in [2.05, 4.69) is 4.74 Å². The van der Waals surface area contributed by atoms with Gasteiger partial charge >= 0.3 is 18.1 Å². The van der Waals surface area contributed by atoms with Crippen LogP contribution in [0, 0.1) is 5.41 Å². The molecule has 3 rings (SSSR count). The van der Waals surface area contributed by atoms with Gasteiger partial charge in [-0.2, -0.15) is 13.2 Å². The zero-order valence-electron chi connectivity index (χ0n) is 24.4. The summed E-state index contributed by atoms with van der Waals surface area (Å²) in [5.74, 6) is -4.38. The number of fused-ring (bicyclic) bond motifs is 1. The van der Waals surface area contributed by atoms with Crippen molar-refractivity contribution in [3.8, 4) is 5.75 Å². The van der Waals surface area contributed by atoms with Crippen LogP contribution >= 0.6 is 0 Å². The summed E-state index contributed by atoms with van der Waals surface area (Å²) in [6.07, 6.45) is -5.36. The number of methoxy groups -OCH3 is 1. The van der Waals surface area contributed by atoms with Crippen LogP contribution in [0.1, 0.15) is 86.6 Å². The number of nitrogens with zero attached hydrogens (tertiary/aromatic N) is 1. The summed E-state index contributed by atoms with van der Waals surface area (Å²) in [6.45, 7) is 12.9. The van der Waals surface area contributed by atoms with Crippen molar-refractivity contribution in [3.63, 3.8) is 0 Å². The molecule has 2 aromatic carbocycles. The number of phenols is 1. The van der Waals surface area contributed by atoms with E-state index >= 15 is 0 Å². The average molecular weight is 577 g/mol. The molecule has 222 valence electrons. The molecule has 8 nitrogen and oxygen atoms in total. The predicted molar refractivity (Wildman–Crippen MR) is 145 cm³/mol. The van der Waals surface area contributed by atoms with Crippen LogP contribution in [0.5, 0.6) is 5.75 Å². The van der Waals surface area contributed by atoms with Crippen molar-refractivity contribution < 1.29 is 42.1 Å². The summed E-state index contributed by atoms with van der Waals surface area (Å²) in [4.78, 5) is 38.8. The monoisotopic (exact) mass is 576 g/mol. The summed E-state index contributed by atoms with van der Waals surface area (Å²) in [5.41, 5.74) is -0.212. The van der Waals surface area contributed by atoms with Gasteiger partial charge in [-0.25, -0.2) is 9.59 Å². The number of ketones is 1. The molecule has 11 heteroatoms. The number of benzene rings is 2. The third kappa shape index (κ3) is 6.29. The van der Waals surface area contributed by atoms with Crippen molar-refractivity contribution in [2.24, 2.45) is 0 Å².